The molecule has 0 radical (unpaired) electrons. The Morgan fingerprint density at radius 2 is 1.48 bits per heavy atom. The number of fused-ring (bicyclic) bond motifs is 1. The quantitative estimate of drug-likeness (QED) is 0.224. The molecule has 154 valence electrons. The highest BCUT2D eigenvalue weighted by atomic mass is 15.6. The lowest BCUT2D eigenvalue weighted by molar-refractivity contribution is 0.523. The van der Waals surface area contributed by atoms with E-state index in [1.807, 2.05) is 12.3 Å². The van der Waals surface area contributed by atoms with Gasteiger partial charge in [-0.3, -0.25) is 5.01 Å². The molecule has 31 heavy (non-hydrogen) atoms. The summed E-state index contributed by atoms with van der Waals surface area (Å²) in [5, 5.41) is 7.06. The Morgan fingerprint density at radius 3 is 2.06 bits per heavy atom. The van der Waals surface area contributed by atoms with Gasteiger partial charge >= 0.3 is 0 Å². The summed E-state index contributed by atoms with van der Waals surface area (Å²) in [6, 6.07) is 26.0. The van der Waals surface area contributed by atoms with Gasteiger partial charge < -0.3 is 4.57 Å². The predicted molar refractivity (Wildman–Crippen MR) is 127 cm³/mol. The molecule has 0 spiro atoms. The maximum absolute atomic E-state index is 4.90. The maximum atomic E-state index is 4.90. The molecule has 1 aliphatic rings. The van der Waals surface area contributed by atoms with Gasteiger partial charge in [-0.05, 0) is 48.2 Å². The lowest BCUT2D eigenvalue weighted by Gasteiger charge is -2.05. The number of allylic oxidation sites excluding steroid dienone is 1. The monoisotopic (exact) mass is 406 g/mol. The number of benzene rings is 3. The Kier molecular flexibility index (Phi) is 4.91. The van der Waals surface area contributed by atoms with Crippen molar-refractivity contribution in [3.05, 3.63) is 114 Å². The highest BCUT2D eigenvalue weighted by molar-refractivity contribution is 5.86. The fraction of sp³-hybridized carbons (Fsp3) is 0.185. The molecule has 0 N–H and O–H groups in total. The van der Waals surface area contributed by atoms with E-state index in [1.165, 1.54) is 22.3 Å². The lowest BCUT2D eigenvalue weighted by atomic mass is 10.0. The van der Waals surface area contributed by atoms with E-state index in [-0.39, 0.29) is 12.1 Å². The van der Waals surface area contributed by atoms with Gasteiger partial charge in [0, 0.05) is 6.54 Å². The van der Waals surface area contributed by atoms with Crippen LogP contribution in [0.3, 0.4) is 0 Å². The van der Waals surface area contributed by atoms with E-state index < -0.39 is 0 Å². The van der Waals surface area contributed by atoms with Crippen molar-refractivity contribution in [1.82, 2.24) is 14.6 Å². The minimum atomic E-state index is 0.238. The van der Waals surface area contributed by atoms with E-state index in [1.54, 1.807) is 0 Å². The van der Waals surface area contributed by atoms with E-state index in [9.17, 15) is 0 Å². The van der Waals surface area contributed by atoms with Crippen LogP contribution in [0.15, 0.2) is 90.6 Å². The van der Waals surface area contributed by atoms with E-state index >= 15 is 0 Å². The molecule has 4 aromatic rings. The standard InChI is InChI=1S/C27H26N4/c1-4-15-30-24-17-20(3)19(2)16-23(24)29-25(30)18-28-31-26(21-11-7-5-8-12-21)27(31)22-13-9-6-10-14-22/h4-14,16-18,26-27H,1,15H2,2-3H3/b28-18+/t26-,27-/m0/s1. The Hall–Kier alpha value is -3.66. The van der Waals surface area contributed by atoms with Crippen molar-refractivity contribution in [3.8, 4) is 0 Å². The van der Waals surface area contributed by atoms with Crippen molar-refractivity contribution in [3.63, 3.8) is 0 Å². The number of hydrazone groups is 1. The Balaban J connectivity index is 1.52. The number of aromatic nitrogens is 2. The van der Waals surface area contributed by atoms with Crippen molar-refractivity contribution in [2.24, 2.45) is 5.10 Å². The van der Waals surface area contributed by atoms with Gasteiger partial charge in [0.05, 0.1) is 29.3 Å². The van der Waals surface area contributed by atoms with Crippen LogP contribution in [0.2, 0.25) is 0 Å². The van der Waals surface area contributed by atoms with Crippen LogP contribution in [0, 0.1) is 13.8 Å². The average Bonchev–Trinajstić information content (AvgIpc) is 3.44. The van der Waals surface area contributed by atoms with E-state index in [4.69, 9.17) is 10.1 Å². The molecule has 0 bridgehead atoms. The minimum Gasteiger partial charge on any atom is -0.319 e. The van der Waals surface area contributed by atoms with Crippen LogP contribution in [0.25, 0.3) is 11.0 Å². The SMILES string of the molecule is C=CCn1c(/C=N/N2[C@@H](c3ccccc3)[C@@H]2c2ccccc2)nc2cc(C)c(C)cc21. The van der Waals surface area contributed by atoms with E-state index in [2.05, 4.69) is 103 Å². The second-order valence-corrected chi connectivity index (χ2v) is 8.13. The third kappa shape index (κ3) is 3.55. The normalized spacial score (nSPS) is 18.1. The molecule has 4 heteroatoms. The van der Waals surface area contributed by atoms with Crippen LogP contribution in [0.5, 0.6) is 0 Å². The fourth-order valence-electron chi connectivity index (χ4n) is 4.27. The summed E-state index contributed by atoms with van der Waals surface area (Å²) in [6.07, 6.45) is 3.80. The summed E-state index contributed by atoms with van der Waals surface area (Å²) in [4.78, 5) is 4.87. The van der Waals surface area contributed by atoms with Crippen molar-refractivity contribution >= 4 is 17.2 Å². The Bertz CT molecular complexity index is 1210. The number of imidazole rings is 1. The fourth-order valence-corrected chi connectivity index (χ4v) is 4.27. The molecule has 0 amide bonds. The molecule has 0 unspecified atom stereocenters. The Labute approximate surface area is 183 Å². The molecule has 4 nitrogen and oxygen atoms in total. The molecule has 1 aliphatic heterocycles. The van der Waals surface area contributed by atoms with Crippen molar-refractivity contribution < 1.29 is 0 Å². The van der Waals surface area contributed by atoms with Crippen LogP contribution in [-0.4, -0.2) is 20.8 Å². The summed E-state index contributed by atoms with van der Waals surface area (Å²) in [7, 11) is 0. The summed E-state index contributed by atoms with van der Waals surface area (Å²) < 4.78 is 2.18. The third-order valence-corrected chi connectivity index (χ3v) is 6.07. The molecular formula is C27H26N4. The highest BCUT2D eigenvalue weighted by Gasteiger charge is 2.49. The maximum Gasteiger partial charge on any atom is 0.154 e. The van der Waals surface area contributed by atoms with Crippen LogP contribution in [0.4, 0.5) is 0 Å². The lowest BCUT2D eigenvalue weighted by Crippen LogP contribution is -2.03. The van der Waals surface area contributed by atoms with Crippen LogP contribution < -0.4 is 0 Å². The molecule has 2 heterocycles. The molecule has 0 aliphatic carbocycles. The zero-order valence-corrected chi connectivity index (χ0v) is 17.9. The second-order valence-electron chi connectivity index (χ2n) is 8.13. The van der Waals surface area contributed by atoms with E-state index in [0.717, 1.165) is 16.9 Å². The topological polar surface area (TPSA) is 33.2 Å². The largest absolute Gasteiger partial charge is 0.319 e. The van der Waals surface area contributed by atoms with Gasteiger partial charge in [-0.25, -0.2) is 4.98 Å². The first-order valence-electron chi connectivity index (χ1n) is 10.7. The third-order valence-electron chi connectivity index (χ3n) is 6.07. The molecule has 2 atom stereocenters. The number of aryl methyl sites for hydroxylation is 2. The van der Waals surface area contributed by atoms with Crippen molar-refractivity contribution in [2.75, 3.05) is 0 Å². The zero-order chi connectivity index (χ0) is 21.4. The average molecular weight is 407 g/mol. The van der Waals surface area contributed by atoms with Gasteiger partial charge in [0.15, 0.2) is 5.82 Å². The number of hydrogen-bond donors (Lipinski definition) is 0. The molecule has 3 aromatic carbocycles. The van der Waals surface area contributed by atoms with Gasteiger partial charge in [-0.15, -0.1) is 6.58 Å². The molecular weight excluding hydrogens is 380 g/mol. The number of hydrogen-bond acceptors (Lipinski definition) is 3. The first-order valence-corrected chi connectivity index (χ1v) is 10.7. The van der Waals surface area contributed by atoms with Gasteiger partial charge in [0.1, 0.15) is 0 Å². The van der Waals surface area contributed by atoms with Crippen LogP contribution in [0.1, 0.15) is 40.2 Å². The number of nitrogens with zero attached hydrogens (tertiary/aromatic N) is 4. The smallest absolute Gasteiger partial charge is 0.154 e. The second kappa shape index (κ2) is 7.88. The van der Waals surface area contributed by atoms with E-state index in [0.29, 0.717) is 6.54 Å². The minimum absolute atomic E-state index is 0.238. The molecule has 5 rings (SSSR count). The summed E-state index contributed by atoms with van der Waals surface area (Å²) in [6.45, 7) is 8.89. The molecule has 1 saturated heterocycles. The number of rotatable bonds is 6. The Morgan fingerprint density at radius 1 is 0.903 bits per heavy atom. The van der Waals surface area contributed by atoms with Crippen molar-refractivity contribution in [1.29, 1.82) is 0 Å². The summed E-state index contributed by atoms with van der Waals surface area (Å²) in [5.41, 5.74) is 7.18. The first kappa shape index (κ1) is 19.3. The molecule has 0 saturated carbocycles. The highest BCUT2D eigenvalue weighted by Crippen LogP contribution is 2.54. The first-order chi connectivity index (χ1) is 15.2. The molecule has 1 aromatic heterocycles. The van der Waals surface area contributed by atoms with Gasteiger partial charge in [0.25, 0.3) is 0 Å². The summed E-state index contributed by atoms with van der Waals surface area (Å²) in [5.74, 6) is 0.852. The zero-order valence-electron chi connectivity index (χ0n) is 17.9. The molecule has 1 fully saturated rings. The summed E-state index contributed by atoms with van der Waals surface area (Å²) >= 11 is 0. The van der Waals surface area contributed by atoms with Crippen LogP contribution >= 0.6 is 0 Å². The van der Waals surface area contributed by atoms with Gasteiger partial charge in [-0.2, -0.15) is 5.10 Å². The predicted octanol–water partition coefficient (Wildman–Crippen LogP) is 5.97. The van der Waals surface area contributed by atoms with Crippen molar-refractivity contribution in [2.45, 2.75) is 32.5 Å². The van der Waals surface area contributed by atoms with Gasteiger partial charge in [0.2, 0.25) is 0 Å². The van der Waals surface area contributed by atoms with Crippen LogP contribution in [-0.2, 0) is 6.54 Å². The van der Waals surface area contributed by atoms with Gasteiger partial charge in [-0.1, -0.05) is 66.7 Å².